The van der Waals surface area contributed by atoms with Gasteiger partial charge < -0.3 is 14.8 Å². The van der Waals surface area contributed by atoms with E-state index < -0.39 is 10.7 Å². The monoisotopic (exact) mass is 336 g/mol. The summed E-state index contributed by atoms with van der Waals surface area (Å²) in [5, 5.41) is 13.8. The van der Waals surface area contributed by atoms with Crippen LogP contribution in [0.25, 0.3) is 0 Å². The van der Waals surface area contributed by atoms with Gasteiger partial charge >= 0.3 is 0 Å². The highest BCUT2D eigenvalue weighted by Gasteiger charge is 2.15. The van der Waals surface area contributed by atoms with Gasteiger partial charge in [0, 0.05) is 30.3 Å². The number of hydrogen-bond acceptors (Lipinski definition) is 5. The molecule has 0 radical (unpaired) electrons. The molecule has 1 N–H and O–H groups in total. The summed E-state index contributed by atoms with van der Waals surface area (Å²) in [5.74, 6) is 0.665. The Morgan fingerprint density at radius 3 is 2.42 bits per heavy atom. The van der Waals surface area contributed by atoms with Crippen molar-refractivity contribution in [3.8, 4) is 11.5 Å². The third-order valence-corrected chi connectivity index (χ3v) is 3.12. The van der Waals surface area contributed by atoms with Crippen molar-refractivity contribution in [2.75, 3.05) is 19.5 Å². The second-order valence-electron chi connectivity index (χ2n) is 4.45. The van der Waals surface area contributed by atoms with Crippen molar-refractivity contribution < 1.29 is 18.8 Å². The largest absolute Gasteiger partial charge is 0.497 e. The number of nitro benzene ring substituents is 1. The fourth-order valence-electron chi connectivity index (χ4n) is 2.00. The number of methoxy groups -OCH3 is 2. The summed E-state index contributed by atoms with van der Waals surface area (Å²) in [6, 6.07) is 8.50. The Morgan fingerprint density at radius 1 is 1.12 bits per heavy atom. The van der Waals surface area contributed by atoms with Gasteiger partial charge in [0.2, 0.25) is 0 Å². The molecule has 0 unspecified atom stereocenters. The second kappa shape index (κ2) is 9.34. The number of nitrogens with zero attached hydrogens (tertiary/aromatic N) is 1. The van der Waals surface area contributed by atoms with E-state index in [0.29, 0.717) is 11.5 Å². The molecule has 0 aliphatic carbocycles. The van der Waals surface area contributed by atoms with Gasteiger partial charge in [0.25, 0.3) is 5.69 Å². The van der Waals surface area contributed by atoms with Gasteiger partial charge in [-0.25, -0.2) is 4.39 Å². The maximum absolute atomic E-state index is 13.3. The van der Waals surface area contributed by atoms with Crippen LogP contribution in [0.2, 0.25) is 0 Å². The first-order valence-electron chi connectivity index (χ1n) is 7.44. The molecule has 0 aromatic heterocycles. The Balaban J connectivity index is 0.00000139. The number of ether oxygens (including phenoxy) is 2. The lowest BCUT2D eigenvalue weighted by Crippen LogP contribution is -2.04. The molecule has 0 aliphatic rings. The van der Waals surface area contributed by atoms with Crippen LogP contribution in [0.1, 0.15) is 19.4 Å². The molecule has 0 saturated heterocycles. The minimum absolute atomic E-state index is 0.114. The van der Waals surface area contributed by atoms with Crippen LogP contribution in [0.5, 0.6) is 11.5 Å². The first kappa shape index (κ1) is 19.2. The predicted molar refractivity (Wildman–Crippen MR) is 91.3 cm³/mol. The van der Waals surface area contributed by atoms with E-state index in [0.717, 1.165) is 23.8 Å². The highest BCUT2D eigenvalue weighted by atomic mass is 19.1. The third kappa shape index (κ3) is 4.84. The van der Waals surface area contributed by atoms with Crippen molar-refractivity contribution in [2.45, 2.75) is 20.4 Å². The molecule has 0 saturated carbocycles. The fourth-order valence-corrected chi connectivity index (χ4v) is 2.00. The van der Waals surface area contributed by atoms with Gasteiger partial charge in [0.05, 0.1) is 19.1 Å². The van der Waals surface area contributed by atoms with Crippen LogP contribution in [0.4, 0.5) is 15.8 Å². The number of rotatable bonds is 6. The van der Waals surface area contributed by atoms with Crippen LogP contribution in [-0.2, 0) is 6.54 Å². The summed E-state index contributed by atoms with van der Waals surface area (Å²) in [4.78, 5) is 10.4. The molecule has 6 nitrogen and oxygen atoms in total. The zero-order valence-corrected chi connectivity index (χ0v) is 14.1. The van der Waals surface area contributed by atoms with Crippen LogP contribution in [0.3, 0.4) is 0 Å². The molecule has 0 fully saturated rings. The Labute approximate surface area is 140 Å². The summed E-state index contributed by atoms with van der Waals surface area (Å²) < 4.78 is 23.6. The molecule has 0 bridgehead atoms. The van der Waals surface area contributed by atoms with Crippen molar-refractivity contribution in [1.29, 1.82) is 0 Å². The SMILES string of the molecule is CC.COc1ccc(CNc2cc(F)ccc2[N+](=O)[O-])c(OC)c1. The molecular weight excluding hydrogens is 315 g/mol. The maximum Gasteiger partial charge on any atom is 0.292 e. The normalized spacial score (nSPS) is 9.54. The zero-order valence-electron chi connectivity index (χ0n) is 14.1. The van der Waals surface area contributed by atoms with E-state index in [1.165, 1.54) is 7.11 Å². The van der Waals surface area contributed by atoms with Gasteiger partial charge in [0.15, 0.2) is 0 Å². The number of benzene rings is 2. The smallest absolute Gasteiger partial charge is 0.292 e. The molecule has 0 aliphatic heterocycles. The fraction of sp³-hybridized carbons (Fsp3) is 0.294. The van der Waals surface area contributed by atoms with E-state index in [1.54, 1.807) is 25.3 Å². The Bertz CT molecular complexity index is 692. The summed E-state index contributed by atoms with van der Waals surface area (Å²) >= 11 is 0. The second-order valence-corrected chi connectivity index (χ2v) is 4.45. The van der Waals surface area contributed by atoms with Gasteiger partial charge in [-0.2, -0.15) is 0 Å². The molecule has 24 heavy (non-hydrogen) atoms. The highest BCUT2D eigenvalue weighted by Crippen LogP contribution is 2.28. The van der Waals surface area contributed by atoms with E-state index in [-0.39, 0.29) is 17.9 Å². The van der Waals surface area contributed by atoms with E-state index >= 15 is 0 Å². The topological polar surface area (TPSA) is 73.6 Å². The van der Waals surface area contributed by atoms with E-state index in [2.05, 4.69) is 5.32 Å². The molecule has 2 rings (SSSR count). The van der Waals surface area contributed by atoms with Crippen LogP contribution in [0, 0.1) is 15.9 Å². The quantitative estimate of drug-likeness (QED) is 0.625. The van der Waals surface area contributed by atoms with Gasteiger partial charge in [-0.1, -0.05) is 13.8 Å². The third-order valence-electron chi connectivity index (χ3n) is 3.12. The highest BCUT2D eigenvalue weighted by molar-refractivity contribution is 5.61. The predicted octanol–water partition coefficient (Wildman–Crippen LogP) is 4.39. The maximum atomic E-state index is 13.3. The standard InChI is InChI=1S/C15H15FN2O4.C2H6/c1-21-12-5-3-10(15(8-12)22-2)9-17-13-7-11(16)4-6-14(13)18(19)20;1-2/h3-8,17H,9H2,1-2H3;1-2H3. The van der Waals surface area contributed by atoms with Crippen LogP contribution >= 0.6 is 0 Å². The number of halogens is 1. The average molecular weight is 336 g/mol. The number of nitro groups is 1. The van der Waals surface area contributed by atoms with Gasteiger partial charge in [-0.05, 0) is 18.2 Å². The summed E-state index contributed by atoms with van der Waals surface area (Å²) in [6.45, 7) is 4.25. The first-order chi connectivity index (χ1) is 11.5. The van der Waals surface area contributed by atoms with Crippen LogP contribution in [-0.4, -0.2) is 19.1 Å². The molecule has 0 heterocycles. The summed E-state index contributed by atoms with van der Waals surface area (Å²) in [7, 11) is 3.06. The van der Waals surface area contributed by atoms with Crippen molar-refractivity contribution in [3.05, 3.63) is 57.9 Å². The number of anilines is 1. The van der Waals surface area contributed by atoms with Crippen LogP contribution < -0.4 is 14.8 Å². The van der Waals surface area contributed by atoms with Crippen molar-refractivity contribution in [2.24, 2.45) is 0 Å². The van der Waals surface area contributed by atoms with Crippen LogP contribution in [0.15, 0.2) is 36.4 Å². The lowest BCUT2D eigenvalue weighted by molar-refractivity contribution is -0.384. The molecule has 0 spiro atoms. The Morgan fingerprint density at radius 2 is 1.83 bits per heavy atom. The minimum Gasteiger partial charge on any atom is -0.497 e. The molecule has 0 amide bonds. The summed E-state index contributed by atoms with van der Waals surface area (Å²) in [5.41, 5.74) is 0.693. The minimum atomic E-state index is -0.562. The van der Waals surface area contributed by atoms with Gasteiger partial charge in [-0.15, -0.1) is 0 Å². The number of nitrogens with one attached hydrogen (secondary N) is 1. The number of hydrogen-bond donors (Lipinski definition) is 1. The Kier molecular flexibility index (Phi) is 7.48. The molecule has 2 aromatic rings. The van der Waals surface area contributed by atoms with Crippen molar-refractivity contribution >= 4 is 11.4 Å². The van der Waals surface area contributed by atoms with Crippen molar-refractivity contribution in [3.63, 3.8) is 0 Å². The lowest BCUT2D eigenvalue weighted by atomic mass is 10.1. The molecule has 0 atom stereocenters. The molecule has 2 aromatic carbocycles. The lowest BCUT2D eigenvalue weighted by Gasteiger charge is -2.12. The zero-order chi connectivity index (χ0) is 18.1. The van der Waals surface area contributed by atoms with Crippen molar-refractivity contribution in [1.82, 2.24) is 0 Å². The van der Waals surface area contributed by atoms with Gasteiger partial charge in [0.1, 0.15) is 23.0 Å². The summed E-state index contributed by atoms with van der Waals surface area (Å²) in [6.07, 6.45) is 0. The molecule has 130 valence electrons. The molecular formula is C17H21FN2O4. The van der Waals surface area contributed by atoms with E-state index in [9.17, 15) is 14.5 Å². The first-order valence-corrected chi connectivity index (χ1v) is 7.44. The average Bonchev–Trinajstić information content (AvgIpc) is 2.61. The molecule has 7 heteroatoms. The Hall–Kier alpha value is -2.83. The van der Waals surface area contributed by atoms with Gasteiger partial charge in [-0.3, -0.25) is 10.1 Å². The van der Waals surface area contributed by atoms with E-state index in [1.807, 2.05) is 13.8 Å². The van der Waals surface area contributed by atoms with E-state index in [4.69, 9.17) is 9.47 Å².